The molecule has 0 aromatic heterocycles. The van der Waals surface area contributed by atoms with Gasteiger partial charge in [-0.05, 0) is 18.6 Å². The normalized spacial score (nSPS) is 17.6. The predicted molar refractivity (Wildman–Crippen MR) is 81.3 cm³/mol. The van der Waals surface area contributed by atoms with Crippen LogP contribution in [0.25, 0.3) is 6.08 Å². The van der Waals surface area contributed by atoms with Crippen molar-refractivity contribution in [3.63, 3.8) is 0 Å². The molecule has 0 saturated carbocycles. The highest BCUT2D eigenvalue weighted by molar-refractivity contribution is 8.26. The number of benzene rings is 1. The number of aryl methyl sites for hydroxylation is 1. The second kappa shape index (κ2) is 5.50. The monoisotopic (exact) mass is 275 g/mol. The standard InChI is InChI=1S/C14H13NOS2/c1-3-8-15-13(16)12(18-14(15)17)9-11-6-4-10(2)5-7-11/h3-7,9H,1,8H2,2H3. The van der Waals surface area contributed by atoms with Gasteiger partial charge in [-0.25, -0.2) is 0 Å². The lowest BCUT2D eigenvalue weighted by Crippen LogP contribution is -2.27. The fourth-order valence-electron chi connectivity index (χ4n) is 1.60. The van der Waals surface area contributed by atoms with Gasteiger partial charge in [0.1, 0.15) is 4.32 Å². The Morgan fingerprint density at radius 3 is 2.67 bits per heavy atom. The second-order valence-corrected chi connectivity index (χ2v) is 5.67. The molecule has 18 heavy (non-hydrogen) atoms. The van der Waals surface area contributed by atoms with Gasteiger partial charge in [0.05, 0.1) is 4.91 Å². The van der Waals surface area contributed by atoms with E-state index >= 15 is 0 Å². The zero-order chi connectivity index (χ0) is 13.1. The van der Waals surface area contributed by atoms with E-state index in [0.29, 0.717) is 15.8 Å². The summed E-state index contributed by atoms with van der Waals surface area (Å²) in [4.78, 5) is 14.3. The summed E-state index contributed by atoms with van der Waals surface area (Å²) < 4.78 is 0.596. The van der Waals surface area contributed by atoms with Crippen LogP contribution in [0.1, 0.15) is 11.1 Å². The zero-order valence-electron chi connectivity index (χ0n) is 10.1. The SMILES string of the molecule is C=CCN1C(=O)C(=Cc2ccc(C)cc2)SC1=S. The topological polar surface area (TPSA) is 20.3 Å². The first-order chi connectivity index (χ1) is 8.61. The van der Waals surface area contributed by atoms with Crippen molar-refractivity contribution in [2.24, 2.45) is 0 Å². The Morgan fingerprint density at radius 1 is 1.39 bits per heavy atom. The van der Waals surface area contributed by atoms with E-state index < -0.39 is 0 Å². The smallest absolute Gasteiger partial charge is 0.266 e. The highest BCUT2D eigenvalue weighted by Crippen LogP contribution is 2.32. The van der Waals surface area contributed by atoms with Gasteiger partial charge in [0.2, 0.25) is 0 Å². The number of carbonyl (C=O) groups is 1. The van der Waals surface area contributed by atoms with Gasteiger partial charge < -0.3 is 0 Å². The molecule has 2 nitrogen and oxygen atoms in total. The first-order valence-electron chi connectivity index (χ1n) is 5.55. The molecular weight excluding hydrogens is 262 g/mol. The number of hydrogen-bond acceptors (Lipinski definition) is 3. The van der Waals surface area contributed by atoms with Crippen LogP contribution in [0.4, 0.5) is 0 Å². The van der Waals surface area contributed by atoms with Crippen molar-refractivity contribution in [3.05, 3.63) is 53.0 Å². The summed E-state index contributed by atoms with van der Waals surface area (Å²) in [5, 5.41) is 0. The summed E-state index contributed by atoms with van der Waals surface area (Å²) in [6.07, 6.45) is 3.56. The molecule has 2 rings (SSSR count). The van der Waals surface area contributed by atoms with Gasteiger partial charge in [-0.1, -0.05) is 59.9 Å². The Kier molecular flexibility index (Phi) is 3.99. The Hall–Kier alpha value is -1.39. The van der Waals surface area contributed by atoms with Crippen molar-refractivity contribution in [1.29, 1.82) is 0 Å². The number of amides is 1. The number of thioether (sulfide) groups is 1. The van der Waals surface area contributed by atoms with Crippen LogP contribution in [0.3, 0.4) is 0 Å². The molecule has 92 valence electrons. The maximum absolute atomic E-state index is 12.1. The van der Waals surface area contributed by atoms with Gasteiger partial charge in [-0.2, -0.15) is 0 Å². The first-order valence-corrected chi connectivity index (χ1v) is 6.77. The van der Waals surface area contributed by atoms with Gasteiger partial charge in [-0.15, -0.1) is 6.58 Å². The molecule has 0 N–H and O–H groups in total. The van der Waals surface area contributed by atoms with E-state index in [2.05, 4.69) is 6.58 Å². The molecule has 0 unspecified atom stereocenters. The molecule has 4 heteroatoms. The van der Waals surface area contributed by atoms with Crippen LogP contribution in [0.5, 0.6) is 0 Å². The van der Waals surface area contributed by atoms with E-state index in [9.17, 15) is 4.79 Å². The summed E-state index contributed by atoms with van der Waals surface area (Å²) in [5.41, 5.74) is 2.21. The number of hydrogen-bond donors (Lipinski definition) is 0. The predicted octanol–water partition coefficient (Wildman–Crippen LogP) is 3.38. The van der Waals surface area contributed by atoms with Crippen molar-refractivity contribution in [1.82, 2.24) is 4.90 Å². The third-order valence-electron chi connectivity index (χ3n) is 2.56. The van der Waals surface area contributed by atoms with Gasteiger partial charge >= 0.3 is 0 Å². The number of rotatable bonds is 3. The van der Waals surface area contributed by atoms with E-state index in [0.717, 1.165) is 5.56 Å². The Labute approximate surface area is 116 Å². The molecule has 1 heterocycles. The molecule has 0 atom stereocenters. The molecule has 1 amide bonds. The van der Waals surface area contributed by atoms with Crippen molar-refractivity contribution in [2.75, 3.05) is 6.54 Å². The molecule has 1 aliphatic rings. The molecule has 0 aliphatic carbocycles. The molecule has 1 aromatic rings. The van der Waals surface area contributed by atoms with E-state index in [4.69, 9.17) is 12.2 Å². The third kappa shape index (κ3) is 2.71. The summed E-state index contributed by atoms with van der Waals surface area (Å²) in [6, 6.07) is 8.04. The number of carbonyl (C=O) groups excluding carboxylic acids is 1. The fourth-order valence-corrected chi connectivity index (χ4v) is 2.88. The van der Waals surface area contributed by atoms with Crippen molar-refractivity contribution < 1.29 is 4.79 Å². The van der Waals surface area contributed by atoms with Crippen LogP contribution >= 0.6 is 24.0 Å². The average Bonchev–Trinajstić information content (AvgIpc) is 2.60. The largest absolute Gasteiger partial charge is 0.289 e. The maximum Gasteiger partial charge on any atom is 0.266 e. The van der Waals surface area contributed by atoms with Gasteiger partial charge in [-0.3, -0.25) is 9.69 Å². The van der Waals surface area contributed by atoms with E-state index in [-0.39, 0.29) is 5.91 Å². The number of thiocarbonyl (C=S) groups is 1. The Morgan fingerprint density at radius 2 is 2.06 bits per heavy atom. The molecule has 1 saturated heterocycles. The van der Waals surface area contributed by atoms with Gasteiger partial charge in [0.25, 0.3) is 5.91 Å². The molecule has 1 aromatic carbocycles. The van der Waals surface area contributed by atoms with E-state index in [1.54, 1.807) is 11.0 Å². The zero-order valence-corrected chi connectivity index (χ0v) is 11.7. The number of nitrogens with zero attached hydrogens (tertiary/aromatic N) is 1. The van der Waals surface area contributed by atoms with Crippen LogP contribution in [-0.4, -0.2) is 21.7 Å². The van der Waals surface area contributed by atoms with Gasteiger partial charge in [0, 0.05) is 6.54 Å². The molecule has 0 bridgehead atoms. The maximum atomic E-state index is 12.1. The third-order valence-corrected chi connectivity index (χ3v) is 3.94. The summed E-state index contributed by atoms with van der Waals surface area (Å²) in [7, 11) is 0. The van der Waals surface area contributed by atoms with Crippen LogP contribution in [0, 0.1) is 6.92 Å². The lowest BCUT2D eigenvalue weighted by atomic mass is 10.1. The van der Waals surface area contributed by atoms with Crippen molar-refractivity contribution in [2.45, 2.75) is 6.92 Å². The van der Waals surface area contributed by atoms with E-state index in [1.165, 1.54) is 17.3 Å². The molecular formula is C14H13NOS2. The molecule has 1 fully saturated rings. The Bertz CT molecular complexity index is 531. The minimum Gasteiger partial charge on any atom is -0.289 e. The Balaban J connectivity index is 2.24. The minimum absolute atomic E-state index is 0.0366. The van der Waals surface area contributed by atoms with E-state index in [1.807, 2.05) is 37.3 Å². The van der Waals surface area contributed by atoms with Crippen molar-refractivity contribution >= 4 is 40.3 Å². The highest BCUT2D eigenvalue weighted by Gasteiger charge is 2.30. The minimum atomic E-state index is -0.0366. The fraction of sp³-hybridized carbons (Fsp3) is 0.143. The average molecular weight is 275 g/mol. The highest BCUT2D eigenvalue weighted by atomic mass is 32.2. The van der Waals surface area contributed by atoms with Crippen LogP contribution in [-0.2, 0) is 4.79 Å². The lowest BCUT2D eigenvalue weighted by Gasteiger charge is -2.10. The first kappa shape index (κ1) is 13.1. The van der Waals surface area contributed by atoms with Crippen LogP contribution < -0.4 is 0 Å². The summed E-state index contributed by atoms with van der Waals surface area (Å²) in [5.74, 6) is -0.0366. The summed E-state index contributed by atoms with van der Waals surface area (Å²) in [6.45, 7) is 6.13. The quantitative estimate of drug-likeness (QED) is 0.479. The second-order valence-electron chi connectivity index (χ2n) is 3.99. The molecule has 1 aliphatic heterocycles. The molecule has 0 radical (unpaired) electrons. The molecule has 0 spiro atoms. The lowest BCUT2D eigenvalue weighted by molar-refractivity contribution is -0.121. The van der Waals surface area contributed by atoms with Gasteiger partial charge in [0.15, 0.2) is 0 Å². The summed E-state index contributed by atoms with van der Waals surface area (Å²) >= 11 is 6.52. The van der Waals surface area contributed by atoms with Crippen LogP contribution in [0.2, 0.25) is 0 Å². The van der Waals surface area contributed by atoms with Crippen molar-refractivity contribution in [3.8, 4) is 0 Å². The van der Waals surface area contributed by atoms with Crippen LogP contribution in [0.15, 0.2) is 41.8 Å².